The molecule has 1 amide bonds. The van der Waals surface area contributed by atoms with Crippen LogP contribution in [-0.2, 0) is 4.79 Å². The first-order valence-corrected chi connectivity index (χ1v) is 7.10. The summed E-state index contributed by atoms with van der Waals surface area (Å²) in [5.74, 6) is -0.151. The van der Waals surface area contributed by atoms with Crippen LogP contribution in [0, 0.1) is 5.92 Å². The summed E-state index contributed by atoms with van der Waals surface area (Å²) in [6.45, 7) is 3.37. The molecule has 1 aromatic carbocycles. The number of nitrogens with one attached hydrogen (secondary N) is 1. The second kappa shape index (κ2) is 4.91. The van der Waals surface area contributed by atoms with Gasteiger partial charge in [-0.2, -0.15) is 0 Å². The highest BCUT2D eigenvalue weighted by atomic mass is 35.5. The van der Waals surface area contributed by atoms with Gasteiger partial charge in [-0.1, -0.05) is 18.5 Å². The number of fused-ring (bicyclic) bond motifs is 1. The van der Waals surface area contributed by atoms with Crippen molar-refractivity contribution in [3.63, 3.8) is 0 Å². The summed E-state index contributed by atoms with van der Waals surface area (Å²) in [5.41, 5.74) is 1.88. The van der Waals surface area contributed by atoms with Crippen LogP contribution in [0.15, 0.2) is 12.1 Å². The van der Waals surface area contributed by atoms with Crippen LogP contribution in [0.5, 0.6) is 0 Å². The predicted molar refractivity (Wildman–Crippen MR) is 77.0 cm³/mol. The minimum Gasteiger partial charge on any atom is -0.391 e. The molecule has 2 aliphatic heterocycles. The molecule has 0 saturated carbocycles. The Morgan fingerprint density at radius 2 is 2.15 bits per heavy atom. The van der Waals surface area contributed by atoms with E-state index in [1.165, 1.54) is 0 Å². The maximum atomic E-state index is 11.5. The van der Waals surface area contributed by atoms with Crippen LogP contribution in [0.2, 0.25) is 5.02 Å². The predicted octanol–water partition coefficient (Wildman–Crippen LogP) is 1.53. The third-order valence-corrected chi connectivity index (χ3v) is 4.48. The van der Waals surface area contributed by atoms with E-state index in [-0.39, 0.29) is 12.0 Å². The van der Waals surface area contributed by atoms with Crippen LogP contribution in [0.25, 0.3) is 0 Å². The Morgan fingerprint density at radius 1 is 1.40 bits per heavy atom. The number of hydrogen-bond acceptors (Lipinski definition) is 4. The minimum absolute atomic E-state index is 0.279. The van der Waals surface area contributed by atoms with Crippen molar-refractivity contribution in [1.82, 2.24) is 0 Å². The lowest BCUT2D eigenvalue weighted by molar-refractivity contribution is -0.123. The van der Waals surface area contributed by atoms with Crippen molar-refractivity contribution in [3.05, 3.63) is 22.7 Å². The van der Waals surface area contributed by atoms with Crippen molar-refractivity contribution in [2.24, 2.45) is 5.92 Å². The minimum atomic E-state index is -1.15. The lowest BCUT2D eigenvalue weighted by Gasteiger charge is -2.36. The molecule has 20 heavy (non-hydrogen) atoms. The van der Waals surface area contributed by atoms with Crippen molar-refractivity contribution in [2.45, 2.75) is 25.6 Å². The van der Waals surface area contributed by atoms with E-state index in [9.17, 15) is 15.0 Å². The lowest BCUT2D eigenvalue weighted by atomic mass is 9.95. The van der Waals surface area contributed by atoms with Crippen molar-refractivity contribution in [1.29, 1.82) is 0 Å². The second-order valence-corrected chi connectivity index (χ2v) is 5.97. The third-order valence-electron chi connectivity index (χ3n) is 4.18. The molecule has 2 aliphatic rings. The molecule has 3 unspecified atom stereocenters. The van der Waals surface area contributed by atoms with E-state index in [1.807, 2.05) is 11.8 Å². The molecular weight excluding hydrogens is 280 g/mol. The molecule has 0 aliphatic carbocycles. The highest BCUT2D eigenvalue weighted by Crippen LogP contribution is 2.39. The Bertz CT molecular complexity index is 564. The van der Waals surface area contributed by atoms with Crippen molar-refractivity contribution < 1.29 is 15.0 Å². The molecule has 0 aromatic heterocycles. The average Bonchev–Trinajstić information content (AvgIpc) is 2.68. The number of piperidine rings is 1. The molecule has 6 heteroatoms. The van der Waals surface area contributed by atoms with Crippen molar-refractivity contribution in [2.75, 3.05) is 23.3 Å². The summed E-state index contributed by atoms with van der Waals surface area (Å²) < 4.78 is 0. The SMILES string of the molecule is CC1CCN(c2cc3c(cc2Cl)C(O)C(=O)N3)CC1O. The quantitative estimate of drug-likeness (QED) is 0.735. The topological polar surface area (TPSA) is 72.8 Å². The molecule has 5 nitrogen and oxygen atoms in total. The van der Waals surface area contributed by atoms with Crippen LogP contribution in [0.4, 0.5) is 11.4 Å². The van der Waals surface area contributed by atoms with Gasteiger partial charge in [0.15, 0.2) is 6.10 Å². The number of β-amino-alcohol motifs (C(OH)–C–C–N with tert-alkyl or cyclic N) is 1. The summed E-state index contributed by atoms with van der Waals surface area (Å²) in [7, 11) is 0. The van der Waals surface area contributed by atoms with Gasteiger partial charge in [0.25, 0.3) is 5.91 Å². The molecule has 0 radical (unpaired) electrons. The number of aliphatic hydroxyl groups excluding tert-OH is 2. The van der Waals surface area contributed by atoms with Gasteiger partial charge in [-0.05, 0) is 24.5 Å². The fourth-order valence-electron chi connectivity index (χ4n) is 2.76. The van der Waals surface area contributed by atoms with Gasteiger partial charge in [-0.15, -0.1) is 0 Å². The van der Waals surface area contributed by atoms with Gasteiger partial charge < -0.3 is 20.4 Å². The van der Waals surface area contributed by atoms with Crippen molar-refractivity contribution >= 4 is 28.9 Å². The van der Waals surface area contributed by atoms with Gasteiger partial charge >= 0.3 is 0 Å². The maximum Gasteiger partial charge on any atom is 0.257 e. The van der Waals surface area contributed by atoms with Crippen LogP contribution in [0.1, 0.15) is 25.0 Å². The van der Waals surface area contributed by atoms with Crippen LogP contribution >= 0.6 is 11.6 Å². The Labute approximate surface area is 122 Å². The monoisotopic (exact) mass is 296 g/mol. The first-order valence-electron chi connectivity index (χ1n) is 6.72. The van der Waals surface area contributed by atoms with E-state index in [2.05, 4.69) is 5.32 Å². The van der Waals surface area contributed by atoms with E-state index in [0.717, 1.165) is 18.7 Å². The number of carbonyl (C=O) groups is 1. The molecule has 1 aromatic rings. The van der Waals surface area contributed by atoms with E-state index >= 15 is 0 Å². The maximum absolute atomic E-state index is 11.5. The largest absolute Gasteiger partial charge is 0.391 e. The van der Waals surface area contributed by atoms with Crippen LogP contribution in [-0.4, -0.2) is 35.3 Å². The first kappa shape index (κ1) is 13.7. The molecule has 3 rings (SSSR count). The number of nitrogens with zero attached hydrogens (tertiary/aromatic N) is 1. The van der Waals surface area contributed by atoms with Gasteiger partial charge in [-0.25, -0.2) is 0 Å². The van der Waals surface area contributed by atoms with E-state index < -0.39 is 12.0 Å². The molecular formula is C14H17ClN2O3. The van der Waals surface area contributed by atoms with Gasteiger partial charge in [0.05, 0.1) is 16.8 Å². The fraction of sp³-hybridized carbons (Fsp3) is 0.500. The summed E-state index contributed by atoms with van der Waals surface area (Å²) in [6, 6.07) is 3.40. The first-order chi connectivity index (χ1) is 9.47. The average molecular weight is 297 g/mol. The molecule has 3 N–H and O–H groups in total. The molecule has 108 valence electrons. The Kier molecular flexibility index (Phi) is 3.36. The number of aliphatic hydroxyl groups is 2. The molecule has 1 saturated heterocycles. The van der Waals surface area contributed by atoms with Gasteiger partial charge in [0.1, 0.15) is 0 Å². The molecule has 0 spiro atoms. The number of anilines is 2. The van der Waals surface area contributed by atoms with Crippen LogP contribution < -0.4 is 10.2 Å². The summed E-state index contributed by atoms with van der Waals surface area (Å²) in [4.78, 5) is 13.5. The summed E-state index contributed by atoms with van der Waals surface area (Å²) in [6.07, 6.45) is -0.638. The highest BCUT2D eigenvalue weighted by Gasteiger charge is 2.31. The summed E-state index contributed by atoms with van der Waals surface area (Å²) >= 11 is 6.26. The Morgan fingerprint density at radius 3 is 2.85 bits per heavy atom. The normalized spacial score (nSPS) is 29.3. The van der Waals surface area contributed by atoms with E-state index in [1.54, 1.807) is 12.1 Å². The lowest BCUT2D eigenvalue weighted by Crippen LogP contribution is -2.43. The number of benzene rings is 1. The zero-order valence-electron chi connectivity index (χ0n) is 11.1. The Hall–Kier alpha value is -1.30. The second-order valence-electron chi connectivity index (χ2n) is 5.56. The Balaban J connectivity index is 1.92. The van der Waals surface area contributed by atoms with Gasteiger partial charge in [0, 0.05) is 24.3 Å². The van der Waals surface area contributed by atoms with Crippen LogP contribution in [0.3, 0.4) is 0 Å². The number of amides is 1. The smallest absolute Gasteiger partial charge is 0.257 e. The number of carbonyl (C=O) groups excluding carboxylic acids is 1. The summed E-state index contributed by atoms with van der Waals surface area (Å²) in [5, 5.41) is 22.8. The van der Waals surface area contributed by atoms with E-state index in [0.29, 0.717) is 22.8 Å². The number of halogens is 1. The third kappa shape index (κ3) is 2.16. The molecule has 3 atom stereocenters. The molecule has 1 fully saturated rings. The number of rotatable bonds is 1. The molecule has 2 heterocycles. The zero-order valence-corrected chi connectivity index (χ0v) is 11.9. The van der Waals surface area contributed by atoms with Gasteiger partial charge in [0.2, 0.25) is 0 Å². The molecule has 0 bridgehead atoms. The fourth-order valence-corrected chi connectivity index (χ4v) is 3.06. The zero-order chi connectivity index (χ0) is 14.4. The van der Waals surface area contributed by atoms with Gasteiger partial charge in [-0.3, -0.25) is 4.79 Å². The standard InChI is InChI=1S/C14H17ClN2O3/c1-7-2-3-17(6-12(7)18)11-5-10-8(4-9(11)15)13(19)14(20)16-10/h4-5,7,12-13,18-19H,2-3,6H2,1H3,(H,16,20). The highest BCUT2D eigenvalue weighted by molar-refractivity contribution is 6.33. The van der Waals surface area contributed by atoms with Crippen molar-refractivity contribution in [3.8, 4) is 0 Å². The van der Waals surface area contributed by atoms with E-state index in [4.69, 9.17) is 11.6 Å². The number of hydrogen-bond donors (Lipinski definition) is 3.